The minimum Gasteiger partial charge on any atom is -0.393 e. The Kier molecular flexibility index (Phi) is 4.57. The summed E-state index contributed by atoms with van der Waals surface area (Å²) in [7, 11) is 0. The molecule has 1 aliphatic heterocycles. The molecule has 0 radical (unpaired) electrons. The topological polar surface area (TPSA) is 69.6 Å². The predicted molar refractivity (Wildman–Crippen MR) is 76.1 cm³/mol. The van der Waals surface area contributed by atoms with Crippen LogP contribution in [0.4, 0.5) is 10.1 Å². The van der Waals surface area contributed by atoms with Crippen molar-refractivity contribution < 1.29 is 19.1 Å². The number of carbonyl (C=O) groups excluding carboxylic acids is 2. The molecule has 0 spiro atoms. The van der Waals surface area contributed by atoms with Crippen LogP contribution in [-0.2, 0) is 9.59 Å². The van der Waals surface area contributed by atoms with E-state index < -0.39 is 23.7 Å². The zero-order valence-electron chi connectivity index (χ0n) is 12.1. The van der Waals surface area contributed by atoms with Crippen molar-refractivity contribution in [1.82, 2.24) is 4.90 Å². The van der Waals surface area contributed by atoms with Crippen molar-refractivity contribution in [3.63, 3.8) is 0 Å². The molecule has 1 aromatic rings. The summed E-state index contributed by atoms with van der Waals surface area (Å²) in [5, 5.41) is 12.0. The third-order valence-electron chi connectivity index (χ3n) is 3.90. The van der Waals surface area contributed by atoms with Crippen LogP contribution in [0.15, 0.2) is 18.2 Å². The van der Waals surface area contributed by atoms with E-state index in [2.05, 4.69) is 5.32 Å². The van der Waals surface area contributed by atoms with Gasteiger partial charge in [-0.2, -0.15) is 0 Å². The maximum Gasteiger partial charge on any atom is 0.313 e. The van der Waals surface area contributed by atoms with E-state index in [9.17, 15) is 19.1 Å². The van der Waals surface area contributed by atoms with Gasteiger partial charge in [0, 0.05) is 30.3 Å². The van der Waals surface area contributed by atoms with Crippen molar-refractivity contribution in [3.8, 4) is 0 Å². The summed E-state index contributed by atoms with van der Waals surface area (Å²) < 4.78 is 13.4. The molecule has 2 amide bonds. The number of nitrogens with one attached hydrogen (secondary N) is 1. The van der Waals surface area contributed by atoms with E-state index >= 15 is 0 Å². The van der Waals surface area contributed by atoms with Crippen molar-refractivity contribution in [2.45, 2.75) is 26.4 Å². The Morgan fingerprint density at radius 1 is 1.48 bits per heavy atom. The van der Waals surface area contributed by atoms with Gasteiger partial charge in [0.05, 0.1) is 6.10 Å². The number of halogens is 1. The Balaban J connectivity index is 2.01. The van der Waals surface area contributed by atoms with Gasteiger partial charge in [0.1, 0.15) is 5.82 Å². The minimum absolute atomic E-state index is 0.00217. The van der Waals surface area contributed by atoms with Crippen molar-refractivity contribution >= 4 is 17.5 Å². The first-order valence-electron chi connectivity index (χ1n) is 6.93. The molecule has 0 bridgehead atoms. The minimum atomic E-state index is -0.782. The molecule has 2 rings (SSSR count). The van der Waals surface area contributed by atoms with Crippen molar-refractivity contribution in [2.24, 2.45) is 5.92 Å². The smallest absolute Gasteiger partial charge is 0.313 e. The van der Waals surface area contributed by atoms with E-state index in [0.29, 0.717) is 30.8 Å². The van der Waals surface area contributed by atoms with Crippen molar-refractivity contribution in [3.05, 3.63) is 29.6 Å². The highest BCUT2D eigenvalue weighted by molar-refractivity contribution is 6.39. The molecule has 1 fully saturated rings. The molecule has 1 heterocycles. The van der Waals surface area contributed by atoms with Crippen LogP contribution >= 0.6 is 0 Å². The molecule has 2 unspecified atom stereocenters. The zero-order chi connectivity index (χ0) is 15.6. The Hall–Kier alpha value is -1.95. The van der Waals surface area contributed by atoms with E-state index in [1.807, 2.05) is 0 Å². The van der Waals surface area contributed by atoms with Gasteiger partial charge in [0.2, 0.25) is 0 Å². The molecule has 1 aliphatic rings. The van der Waals surface area contributed by atoms with Crippen molar-refractivity contribution in [1.29, 1.82) is 0 Å². The Morgan fingerprint density at radius 2 is 2.19 bits per heavy atom. The van der Waals surface area contributed by atoms with E-state index in [1.165, 1.54) is 24.0 Å². The number of benzene rings is 1. The quantitative estimate of drug-likeness (QED) is 0.808. The molecule has 0 aromatic heterocycles. The molecule has 2 N–H and O–H groups in total. The first-order valence-corrected chi connectivity index (χ1v) is 6.93. The molecular weight excluding hydrogens is 275 g/mol. The number of nitrogens with zero attached hydrogens (tertiary/aromatic N) is 1. The number of amides is 2. The lowest BCUT2D eigenvalue weighted by Crippen LogP contribution is -2.39. The molecule has 114 valence electrons. The number of aliphatic hydroxyl groups is 1. The van der Waals surface area contributed by atoms with Crippen LogP contribution in [0.2, 0.25) is 0 Å². The Labute approximate surface area is 122 Å². The molecule has 0 aliphatic carbocycles. The van der Waals surface area contributed by atoms with Crippen LogP contribution in [0.1, 0.15) is 18.9 Å². The van der Waals surface area contributed by atoms with Gasteiger partial charge in [-0.05, 0) is 32.4 Å². The summed E-state index contributed by atoms with van der Waals surface area (Å²) in [5.74, 6) is -1.87. The van der Waals surface area contributed by atoms with Crippen LogP contribution in [0, 0.1) is 18.7 Å². The van der Waals surface area contributed by atoms with Crippen LogP contribution in [-0.4, -0.2) is 41.0 Å². The second-order valence-electron chi connectivity index (χ2n) is 5.41. The fourth-order valence-corrected chi connectivity index (χ4v) is 2.43. The summed E-state index contributed by atoms with van der Waals surface area (Å²) in [4.78, 5) is 25.4. The van der Waals surface area contributed by atoms with Gasteiger partial charge in [-0.3, -0.25) is 9.59 Å². The van der Waals surface area contributed by atoms with Gasteiger partial charge in [0.15, 0.2) is 0 Å². The third-order valence-corrected chi connectivity index (χ3v) is 3.90. The number of rotatable bonds is 2. The average molecular weight is 294 g/mol. The maximum absolute atomic E-state index is 13.4. The van der Waals surface area contributed by atoms with Crippen LogP contribution in [0.25, 0.3) is 0 Å². The number of carbonyl (C=O) groups is 2. The number of hydrogen-bond acceptors (Lipinski definition) is 3. The summed E-state index contributed by atoms with van der Waals surface area (Å²) >= 11 is 0. The fourth-order valence-electron chi connectivity index (χ4n) is 2.43. The predicted octanol–water partition coefficient (Wildman–Crippen LogP) is 1.30. The lowest BCUT2D eigenvalue weighted by atomic mass is 10.0. The van der Waals surface area contributed by atoms with E-state index in [1.54, 1.807) is 13.0 Å². The number of aliphatic hydroxyl groups excluding tert-OH is 1. The molecular formula is C15H19FN2O3. The zero-order valence-corrected chi connectivity index (χ0v) is 12.1. The molecule has 0 saturated carbocycles. The molecule has 5 nitrogen and oxygen atoms in total. The first kappa shape index (κ1) is 15.4. The van der Waals surface area contributed by atoms with Gasteiger partial charge in [0.25, 0.3) is 0 Å². The van der Waals surface area contributed by atoms with Crippen LogP contribution < -0.4 is 5.32 Å². The molecule has 2 atom stereocenters. The van der Waals surface area contributed by atoms with Gasteiger partial charge in [-0.1, -0.05) is 6.07 Å². The standard InChI is InChI=1S/C15H19FN2O3/c1-9-12(16)4-3-5-13(9)17-14(20)15(21)18-7-6-11(8-18)10(2)19/h3-5,10-11,19H,6-8H2,1-2H3,(H,17,20). The lowest BCUT2D eigenvalue weighted by molar-refractivity contribution is -0.142. The van der Waals surface area contributed by atoms with E-state index in [4.69, 9.17) is 0 Å². The normalized spacial score (nSPS) is 19.4. The van der Waals surface area contributed by atoms with E-state index in [-0.39, 0.29) is 5.92 Å². The molecule has 6 heteroatoms. The summed E-state index contributed by atoms with van der Waals surface area (Å²) in [6, 6.07) is 4.31. The first-order chi connectivity index (χ1) is 9.90. The largest absolute Gasteiger partial charge is 0.393 e. The number of likely N-dealkylation sites (tertiary alicyclic amines) is 1. The van der Waals surface area contributed by atoms with Gasteiger partial charge < -0.3 is 15.3 Å². The van der Waals surface area contributed by atoms with Crippen molar-refractivity contribution in [2.75, 3.05) is 18.4 Å². The highest BCUT2D eigenvalue weighted by Crippen LogP contribution is 2.21. The van der Waals surface area contributed by atoms with Gasteiger partial charge in [-0.25, -0.2) is 4.39 Å². The number of hydrogen-bond donors (Lipinski definition) is 2. The van der Waals surface area contributed by atoms with Gasteiger partial charge >= 0.3 is 11.8 Å². The second kappa shape index (κ2) is 6.22. The Bertz CT molecular complexity index is 560. The van der Waals surface area contributed by atoms with Crippen LogP contribution in [0.5, 0.6) is 0 Å². The Morgan fingerprint density at radius 3 is 2.81 bits per heavy atom. The average Bonchev–Trinajstić information content (AvgIpc) is 2.93. The molecule has 1 saturated heterocycles. The third kappa shape index (κ3) is 3.39. The maximum atomic E-state index is 13.4. The van der Waals surface area contributed by atoms with Gasteiger partial charge in [-0.15, -0.1) is 0 Å². The summed E-state index contributed by atoms with van der Waals surface area (Å²) in [6.07, 6.45) is 0.173. The summed E-state index contributed by atoms with van der Waals surface area (Å²) in [5.41, 5.74) is 0.585. The van der Waals surface area contributed by atoms with E-state index in [0.717, 1.165) is 0 Å². The molecule has 1 aromatic carbocycles. The lowest BCUT2D eigenvalue weighted by Gasteiger charge is -2.17. The fraction of sp³-hybridized carbons (Fsp3) is 0.467. The highest BCUT2D eigenvalue weighted by atomic mass is 19.1. The highest BCUT2D eigenvalue weighted by Gasteiger charge is 2.32. The SMILES string of the molecule is Cc1c(F)cccc1NC(=O)C(=O)N1CCC(C(C)O)C1. The second-order valence-corrected chi connectivity index (χ2v) is 5.41. The monoisotopic (exact) mass is 294 g/mol. The summed E-state index contributed by atoms with van der Waals surface area (Å²) in [6.45, 7) is 4.03. The number of anilines is 1. The van der Waals surface area contributed by atoms with Crippen LogP contribution in [0.3, 0.4) is 0 Å². The molecule has 21 heavy (non-hydrogen) atoms.